The van der Waals surface area contributed by atoms with Gasteiger partial charge in [0, 0.05) is 23.2 Å². The molecule has 1 aliphatic rings. The van der Waals surface area contributed by atoms with Gasteiger partial charge in [-0.15, -0.1) is 0 Å². The van der Waals surface area contributed by atoms with Crippen LogP contribution in [0.3, 0.4) is 0 Å². The van der Waals surface area contributed by atoms with Gasteiger partial charge >= 0.3 is 6.03 Å². The van der Waals surface area contributed by atoms with Crippen molar-refractivity contribution in [1.82, 2.24) is 15.4 Å². The molecule has 1 N–H and O–H groups in total. The molecule has 1 atom stereocenters. The molecule has 0 bridgehead atoms. The van der Waals surface area contributed by atoms with Crippen molar-refractivity contribution in [3.05, 3.63) is 52.4 Å². The van der Waals surface area contributed by atoms with E-state index in [9.17, 15) is 4.79 Å². The lowest BCUT2D eigenvalue weighted by atomic mass is 10.1. The van der Waals surface area contributed by atoms with E-state index < -0.39 is 0 Å². The molecule has 1 aromatic carbocycles. The van der Waals surface area contributed by atoms with Crippen molar-refractivity contribution in [1.29, 1.82) is 0 Å². The minimum absolute atomic E-state index is 0.147. The maximum atomic E-state index is 12.3. The largest absolute Gasteiger partial charge is 0.370 e. The second-order valence-corrected chi connectivity index (χ2v) is 5.82. The van der Waals surface area contributed by atoms with Crippen molar-refractivity contribution in [2.24, 2.45) is 0 Å². The molecule has 0 aliphatic carbocycles. The van der Waals surface area contributed by atoms with Crippen molar-refractivity contribution in [2.45, 2.75) is 19.6 Å². The second kappa shape index (κ2) is 7.02. The van der Waals surface area contributed by atoms with E-state index in [0.29, 0.717) is 37.0 Å². The molecule has 0 spiro atoms. The molecule has 1 unspecified atom stereocenters. The van der Waals surface area contributed by atoms with Gasteiger partial charge in [0.1, 0.15) is 17.6 Å². The first-order chi connectivity index (χ1) is 11.1. The summed E-state index contributed by atoms with van der Waals surface area (Å²) in [4.78, 5) is 14.0. The first-order valence-electron chi connectivity index (χ1n) is 7.44. The highest BCUT2D eigenvalue weighted by atomic mass is 35.5. The van der Waals surface area contributed by atoms with Gasteiger partial charge in [-0.2, -0.15) is 0 Å². The van der Waals surface area contributed by atoms with Crippen molar-refractivity contribution < 1.29 is 14.1 Å². The molecule has 7 heteroatoms. The number of rotatable bonds is 3. The number of carbonyl (C=O) groups excluding carboxylic acids is 1. The summed E-state index contributed by atoms with van der Waals surface area (Å²) >= 11 is 6.21. The number of hydrogen-bond acceptors (Lipinski definition) is 4. The number of aromatic nitrogens is 1. The van der Waals surface area contributed by atoms with E-state index in [-0.39, 0.29) is 12.1 Å². The molecule has 1 saturated heterocycles. The highest BCUT2D eigenvalue weighted by Gasteiger charge is 2.26. The summed E-state index contributed by atoms with van der Waals surface area (Å²) < 4.78 is 10.7. The van der Waals surface area contributed by atoms with Crippen molar-refractivity contribution in [2.75, 3.05) is 19.7 Å². The third kappa shape index (κ3) is 3.83. The molecule has 2 heterocycles. The summed E-state index contributed by atoms with van der Waals surface area (Å²) in [6.45, 7) is 3.64. The molecule has 2 amide bonds. The highest BCUT2D eigenvalue weighted by Crippen LogP contribution is 2.28. The Labute approximate surface area is 139 Å². The van der Waals surface area contributed by atoms with Crippen LogP contribution in [0.5, 0.6) is 0 Å². The number of urea groups is 1. The van der Waals surface area contributed by atoms with Crippen LogP contribution in [0.2, 0.25) is 5.02 Å². The number of halogens is 1. The minimum atomic E-state index is -0.211. The average Bonchev–Trinajstić information content (AvgIpc) is 2.98. The van der Waals surface area contributed by atoms with E-state index in [1.54, 1.807) is 11.0 Å². The summed E-state index contributed by atoms with van der Waals surface area (Å²) in [5, 5.41) is 7.35. The van der Waals surface area contributed by atoms with Gasteiger partial charge in [0.2, 0.25) is 0 Å². The third-order valence-electron chi connectivity index (χ3n) is 3.70. The lowest BCUT2D eigenvalue weighted by Gasteiger charge is -2.33. The highest BCUT2D eigenvalue weighted by molar-refractivity contribution is 6.31. The minimum Gasteiger partial charge on any atom is -0.370 e. The summed E-state index contributed by atoms with van der Waals surface area (Å²) in [6.07, 6.45) is -0.211. The normalized spacial score (nSPS) is 18.0. The van der Waals surface area contributed by atoms with Crippen LogP contribution in [-0.2, 0) is 11.3 Å². The van der Waals surface area contributed by atoms with Crippen molar-refractivity contribution in [3.8, 4) is 0 Å². The van der Waals surface area contributed by atoms with E-state index in [1.807, 2.05) is 31.2 Å². The molecule has 1 aliphatic heterocycles. The lowest BCUT2D eigenvalue weighted by Crippen LogP contribution is -2.47. The zero-order chi connectivity index (χ0) is 16.2. The summed E-state index contributed by atoms with van der Waals surface area (Å²) in [6, 6.07) is 9.19. The molecule has 1 fully saturated rings. The number of aryl methyl sites for hydroxylation is 1. The van der Waals surface area contributed by atoms with E-state index in [2.05, 4.69) is 10.5 Å². The topological polar surface area (TPSA) is 67.6 Å². The number of morpholine rings is 1. The predicted octanol–water partition coefficient (Wildman–Crippen LogP) is 2.92. The zero-order valence-corrected chi connectivity index (χ0v) is 13.5. The number of nitrogens with zero attached hydrogens (tertiary/aromatic N) is 2. The Morgan fingerprint density at radius 1 is 1.48 bits per heavy atom. The molecular formula is C16H18ClN3O3. The zero-order valence-electron chi connectivity index (χ0n) is 12.8. The van der Waals surface area contributed by atoms with Gasteiger partial charge in [0.05, 0.1) is 19.7 Å². The molecular weight excluding hydrogens is 318 g/mol. The van der Waals surface area contributed by atoms with E-state index in [1.165, 1.54) is 0 Å². The molecule has 6 nitrogen and oxygen atoms in total. The number of benzene rings is 1. The predicted molar refractivity (Wildman–Crippen MR) is 85.2 cm³/mol. The molecule has 2 aromatic rings. The summed E-state index contributed by atoms with van der Waals surface area (Å²) in [7, 11) is 0. The van der Waals surface area contributed by atoms with Crippen LogP contribution in [0.1, 0.15) is 23.1 Å². The summed E-state index contributed by atoms with van der Waals surface area (Å²) in [5.74, 6) is 0.722. The Kier molecular flexibility index (Phi) is 4.83. The Morgan fingerprint density at radius 2 is 2.30 bits per heavy atom. The Morgan fingerprint density at radius 3 is 3.04 bits per heavy atom. The first-order valence-corrected chi connectivity index (χ1v) is 7.82. The molecule has 1 aromatic heterocycles. The van der Waals surface area contributed by atoms with Crippen LogP contribution in [0.15, 0.2) is 34.9 Å². The molecule has 0 saturated carbocycles. The van der Waals surface area contributed by atoms with Gasteiger partial charge < -0.3 is 19.5 Å². The van der Waals surface area contributed by atoms with E-state index in [4.69, 9.17) is 20.9 Å². The van der Waals surface area contributed by atoms with Crippen molar-refractivity contribution in [3.63, 3.8) is 0 Å². The van der Waals surface area contributed by atoms with Gasteiger partial charge in [0.15, 0.2) is 0 Å². The van der Waals surface area contributed by atoms with Gasteiger partial charge in [-0.05, 0) is 13.0 Å². The van der Waals surface area contributed by atoms with Crippen molar-refractivity contribution >= 4 is 17.6 Å². The maximum absolute atomic E-state index is 12.3. The van der Waals surface area contributed by atoms with Crippen LogP contribution in [0.25, 0.3) is 0 Å². The molecule has 3 rings (SSSR count). The van der Waals surface area contributed by atoms with Gasteiger partial charge in [0.25, 0.3) is 0 Å². The molecule has 122 valence electrons. The number of ether oxygens (including phenoxy) is 1. The number of amides is 2. The second-order valence-electron chi connectivity index (χ2n) is 5.41. The quantitative estimate of drug-likeness (QED) is 0.936. The van der Waals surface area contributed by atoms with E-state index in [0.717, 1.165) is 11.3 Å². The van der Waals surface area contributed by atoms with Crippen LogP contribution in [0.4, 0.5) is 4.79 Å². The van der Waals surface area contributed by atoms with E-state index >= 15 is 0 Å². The number of nitrogens with one attached hydrogen (secondary N) is 1. The molecule has 0 radical (unpaired) electrons. The van der Waals surface area contributed by atoms with Gasteiger partial charge in [-0.25, -0.2) is 4.79 Å². The SMILES string of the molecule is Cc1cc(CNC(=O)N2CCOC(c3ccccc3Cl)C2)no1. The maximum Gasteiger partial charge on any atom is 0.317 e. The first kappa shape index (κ1) is 15.8. The Hall–Kier alpha value is -2.05. The smallest absolute Gasteiger partial charge is 0.317 e. The van der Waals surface area contributed by atoms with Gasteiger partial charge in [-0.3, -0.25) is 0 Å². The third-order valence-corrected chi connectivity index (χ3v) is 4.05. The van der Waals surface area contributed by atoms with Gasteiger partial charge in [-0.1, -0.05) is 35.0 Å². The monoisotopic (exact) mass is 335 g/mol. The summed E-state index contributed by atoms with van der Waals surface area (Å²) in [5.41, 5.74) is 1.60. The molecule has 23 heavy (non-hydrogen) atoms. The van der Waals surface area contributed by atoms with Crippen LogP contribution >= 0.6 is 11.6 Å². The number of carbonyl (C=O) groups is 1. The fraction of sp³-hybridized carbons (Fsp3) is 0.375. The fourth-order valence-corrected chi connectivity index (χ4v) is 2.79. The number of hydrogen-bond donors (Lipinski definition) is 1. The van der Waals surface area contributed by atoms with Crippen LogP contribution < -0.4 is 5.32 Å². The van der Waals surface area contributed by atoms with Crippen LogP contribution in [-0.4, -0.2) is 35.8 Å². The standard InChI is InChI=1S/C16H18ClN3O3/c1-11-8-12(19-23-11)9-18-16(21)20-6-7-22-15(10-20)13-4-2-3-5-14(13)17/h2-5,8,15H,6-7,9-10H2,1H3,(H,18,21). The Bertz CT molecular complexity index is 689. The average molecular weight is 336 g/mol. The Balaban J connectivity index is 1.59. The lowest BCUT2D eigenvalue weighted by molar-refractivity contribution is -0.0154. The van der Waals surface area contributed by atoms with Crippen LogP contribution in [0, 0.1) is 6.92 Å². The fourth-order valence-electron chi connectivity index (χ4n) is 2.54.